The highest BCUT2D eigenvalue weighted by Gasteiger charge is 2.30. The van der Waals surface area contributed by atoms with Crippen molar-refractivity contribution in [1.29, 1.82) is 0 Å². The molecule has 18 heavy (non-hydrogen) atoms. The predicted molar refractivity (Wildman–Crippen MR) is 63.4 cm³/mol. The monoisotopic (exact) mass is 261 g/mol. The minimum Gasteiger partial charge on any atom is -0.478 e. The molecule has 0 saturated carbocycles. The number of pyridine rings is 1. The Balaban J connectivity index is 2.41. The zero-order valence-corrected chi connectivity index (χ0v) is 10.8. The van der Waals surface area contributed by atoms with E-state index in [1.54, 1.807) is 0 Å². The van der Waals surface area contributed by atoms with Gasteiger partial charge in [0.15, 0.2) is 0 Å². The molecule has 102 valence electrons. The van der Waals surface area contributed by atoms with Crippen molar-refractivity contribution in [2.45, 2.75) is 39.8 Å². The van der Waals surface area contributed by atoms with Crippen LogP contribution in [0.15, 0.2) is 18.3 Å². The Labute approximate surface area is 105 Å². The molecule has 0 spiro atoms. The van der Waals surface area contributed by atoms with Crippen molar-refractivity contribution in [2.75, 3.05) is 6.61 Å². The molecule has 0 amide bonds. The number of hydrogen-bond donors (Lipinski definition) is 0. The molecule has 1 aromatic rings. The zero-order chi connectivity index (χ0) is 13.8. The number of nitrogens with zero attached hydrogens (tertiary/aromatic N) is 1. The van der Waals surface area contributed by atoms with E-state index in [-0.39, 0.29) is 11.3 Å². The molecule has 0 radical (unpaired) electrons. The minimum atomic E-state index is -4.35. The molecular formula is C13H18F3NO. The third kappa shape index (κ3) is 5.38. The average Bonchev–Trinajstić information content (AvgIpc) is 2.22. The van der Waals surface area contributed by atoms with Crippen LogP contribution in [0.25, 0.3) is 0 Å². The standard InChI is InChI=1S/C13H18F3NO/c1-12(2,3)7-4-8-18-11-6-5-10(9-17-11)13(14,15)16/h5-6,9H,4,7-8H2,1-3H3. The maximum Gasteiger partial charge on any atom is 0.417 e. The van der Waals surface area contributed by atoms with Gasteiger partial charge in [0.25, 0.3) is 0 Å². The van der Waals surface area contributed by atoms with E-state index in [4.69, 9.17) is 4.74 Å². The van der Waals surface area contributed by atoms with E-state index in [1.807, 2.05) is 0 Å². The van der Waals surface area contributed by atoms with Crippen LogP contribution in [0.1, 0.15) is 39.2 Å². The molecule has 0 aliphatic rings. The molecule has 0 bridgehead atoms. The SMILES string of the molecule is CC(C)(C)CCCOc1ccc(C(F)(F)F)cn1. The Morgan fingerprint density at radius 3 is 2.28 bits per heavy atom. The molecule has 0 aromatic carbocycles. The maximum atomic E-state index is 12.3. The molecule has 2 nitrogen and oxygen atoms in total. The highest BCUT2D eigenvalue weighted by molar-refractivity contribution is 5.19. The van der Waals surface area contributed by atoms with Gasteiger partial charge in [0.1, 0.15) is 0 Å². The van der Waals surface area contributed by atoms with Crippen molar-refractivity contribution in [3.8, 4) is 5.88 Å². The van der Waals surface area contributed by atoms with Crippen molar-refractivity contribution in [1.82, 2.24) is 4.98 Å². The average molecular weight is 261 g/mol. The Bertz CT molecular complexity index is 365. The van der Waals surface area contributed by atoms with Crippen LogP contribution in [-0.2, 0) is 6.18 Å². The van der Waals surface area contributed by atoms with E-state index in [9.17, 15) is 13.2 Å². The van der Waals surface area contributed by atoms with Gasteiger partial charge in [-0.2, -0.15) is 13.2 Å². The van der Waals surface area contributed by atoms with Gasteiger partial charge in [0, 0.05) is 12.3 Å². The zero-order valence-electron chi connectivity index (χ0n) is 10.8. The van der Waals surface area contributed by atoms with E-state index >= 15 is 0 Å². The fourth-order valence-electron chi connectivity index (χ4n) is 1.41. The number of rotatable bonds is 4. The molecule has 1 aromatic heterocycles. The van der Waals surface area contributed by atoms with E-state index in [0.29, 0.717) is 6.61 Å². The lowest BCUT2D eigenvalue weighted by molar-refractivity contribution is -0.137. The van der Waals surface area contributed by atoms with Crippen molar-refractivity contribution in [2.24, 2.45) is 5.41 Å². The second-order valence-electron chi connectivity index (χ2n) is 5.40. The highest BCUT2D eigenvalue weighted by atomic mass is 19.4. The molecule has 0 saturated heterocycles. The molecule has 0 unspecified atom stereocenters. The molecule has 0 aliphatic carbocycles. The minimum absolute atomic E-state index is 0.233. The Hall–Kier alpha value is -1.26. The molecule has 0 atom stereocenters. The van der Waals surface area contributed by atoms with Crippen molar-refractivity contribution in [3.63, 3.8) is 0 Å². The summed E-state index contributed by atoms with van der Waals surface area (Å²) in [5, 5.41) is 0. The third-order valence-electron chi connectivity index (χ3n) is 2.38. The van der Waals surface area contributed by atoms with Gasteiger partial charge in [-0.25, -0.2) is 4.98 Å². The van der Waals surface area contributed by atoms with Gasteiger partial charge in [-0.3, -0.25) is 0 Å². The van der Waals surface area contributed by atoms with Crippen LogP contribution >= 0.6 is 0 Å². The summed E-state index contributed by atoms with van der Waals surface area (Å²) in [5.41, 5.74) is -0.527. The highest BCUT2D eigenvalue weighted by Crippen LogP contribution is 2.29. The van der Waals surface area contributed by atoms with E-state index in [0.717, 1.165) is 25.1 Å². The van der Waals surface area contributed by atoms with Crippen LogP contribution in [0.4, 0.5) is 13.2 Å². The van der Waals surface area contributed by atoms with E-state index in [1.165, 1.54) is 6.07 Å². The molecule has 1 heterocycles. The second-order valence-corrected chi connectivity index (χ2v) is 5.40. The molecule has 5 heteroatoms. The first-order chi connectivity index (χ1) is 8.18. The van der Waals surface area contributed by atoms with Crippen molar-refractivity contribution >= 4 is 0 Å². The molecule has 1 rings (SSSR count). The number of ether oxygens (including phenoxy) is 1. The van der Waals surface area contributed by atoms with Gasteiger partial charge in [-0.15, -0.1) is 0 Å². The lowest BCUT2D eigenvalue weighted by atomic mass is 9.91. The number of aromatic nitrogens is 1. The van der Waals surface area contributed by atoms with Gasteiger partial charge >= 0.3 is 6.18 Å². The third-order valence-corrected chi connectivity index (χ3v) is 2.38. The van der Waals surface area contributed by atoms with Crippen LogP contribution in [0.3, 0.4) is 0 Å². The molecular weight excluding hydrogens is 243 g/mol. The quantitative estimate of drug-likeness (QED) is 0.754. The normalized spacial score (nSPS) is 12.6. The predicted octanol–water partition coefficient (Wildman–Crippen LogP) is 4.31. The smallest absolute Gasteiger partial charge is 0.417 e. The van der Waals surface area contributed by atoms with Gasteiger partial charge in [-0.05, 0) is 24.3 Å². The first-order valence-electron chi connectivity index (χ1n) is 5.84. The maximum absolute atomic E-state index is 12.3. The summed E-state index contributed by atoms with van der Waals surface area (Å²) in [6, 6.07) is 2.23. The van der Waals surface area contributed by atoms with Gasteiger partial charge in [-0.1, -0.05) is 20.8 Å². The van der Waals surface area contributed by atoms with Gasteiger partial charge < -0.3 is 4.74 Å². The van der Waals surface area contributed by atoms with Gasteiger partial charge in [0.05, 0.1) is 12.2 Å². The Morgan fingerprint density at radius 2 is 1.83 bits per heavy atom. The summed E-state index contributed by atoms with van der Waals surface area (Å²) >= 11 is 0. The first-order valence-corrected chi connectivity index (χ1v) is 5.84. The lowest BCUT2D eigenvalue weighted by Gasteiger charge is -2.17. The van der Waals surface area contributed by atoms with Crippen LogP contribution in [-0.4, -0.2) is 11.6 Å². The summed E-state index contributed by atoms with van der Waals surface area (Å²) in [5.74, 6) is 0.233. The Morgan fingerprint density at radius 1 is 1.17 bits per heavy atom. The molecule has 0 aliphatic heterocycles. The first kappa shape index (κ1) is 14.8. The molecule has 0 N–H and O–H groups in total. The fraction of sp³-hybridized carbons (Fsp3) is 0.615. The Kier molecular flexibility index (Phi) is 4.59. The van der Waals surface area contributed by atoms with Gasteiger partial charge in [0.2, 0.25) is 5.88 Å². The second kappa shape index (κ2) is 5.59. The van der Waals surface area contributed by atoms with Crippen molar-refractivity contribution < 1.29 is 17.9 Å². The topological polar surface area (TPSA) is 22.1 Å². The van der Waals surface area contributed by atoms with E-state index in [2.05, 4.69) is 25.8 Å². The van der Waals surface area contributed by atoms with Crippen LogP contribution < -0.4 is 4.74 Å². The summed E-state index contributed by atoms with van der Waals surface area (Å²) in [7, 11) is 0. The number of halogens is 3. The largest absolute Gasteiger partial charge is 0.478 e. The summed E-state index contributed by atoms with van der Waals surface area (Å²) in [6.07, 6.45) is -1.71. The van der Waals surface area contributed by atoms with Crippen molar-refractivity contribution in [3.05, 3.63) is 23.9 Å². The molecule has 0 fully saturated rings. The van der Waals surface area contributed by atoms with Crippen LogP contribution in [0, 0.1) is 5.41 Å². The summed E-state index contributed by atoms with van der Waals surface area (Å²) in [6.45, 7) is 6.85. The van der Waals surface area contributed by atoms with Crippen LogP contribution in [0.2, 0.25) is 0 Å². The number of hydrogen-bond acceptors (Lipinski definition) is 2. The summed E-state index contributed by atoms with van der Waals surface area (Å²) < 4.78 is 42.1. The van der Waals surface area contributed by atoms with E-state index < -0.39 is 11.7 Å². The number of alkyl halides is 3. The lowest BCUT2D eigenvalue weighted by Crippen LogP contribution is -2.09. The fourth-order valence-corrected chi connectivity index (χ4v) is 1.41. The van der Waals surface area contributed by atoms with Crippen LogP contribution in [0.5, 0.6) is 5.88 Å². The summed E-state index contributed by atoms with van der Waals surface area (Å²) in [4.78, 5) is 3.64.